The second kappa shape index (κ2) is 12.0. The number of aromatic nitrogens is 5. The van der Waals surface area contributed by atoms with Gasteiger partial charge in [-0.15, -0.1) is 0 Å². The highest BCUT2D eigenvalue weighted by molar-refractivity contribution is 5.92. The lowest BCUT2D eigenvalue weighted by Gasteiger charge is -2.34. The lowest BCUT2D eigenvalue weighted by atomic mass is 9.79. The third kappa shape index (κ3) is 6.74. The molecule has 0 bridgehead atoms. The number of ether oxygens (including phenoxy) is 1. The van der Waals surface area contributed by atoms with E-state index in [9.17, 15) is 27.2 Å². The number of nitrogens with zero attached hydrogens (tertiary/aromatic N) is 5. The highest BCUT2D eigenvalue weighted by Crippen LogP contribution is 2.44. The predicted octanol–water partition coefficient (Wildman–Crippen LogP) is 4.48. The SMILES string of the molecule is [2H]C([2H])([2H])C([2H])([2H])n1nccc1C(=O)N[C@H](c1cn2ncc([C@@H](COC)NC(=O)CC3CC(F)(F)C3)cc2n1)C1CCC(F)(F)CC1. The highest BCUT2D eigenvalue weighted by Gasteiger charge is 2.46. The zero-order valence-electron chi connectivity index (χ0n) is 27.8. The molecule has 2 saturated carbocycles. The maximum absolute atomic E-state index is 14.1. The highest BCUT2D eigenvalue weighted by atomic mass is 19.3. The molecule has 0 aromatic carbocycles. The largest absolute Gasteiger partial charge is 0.382 e. The van der Waals surface area contributed by atoms with Gasteiger partial charge in [-0.3, -0.25) is 14.3 Å². The topological polar surface area (TPSA) is 115 Å². The molecule has 42 heavy (non-hydrogen) atoms. The quantitative estimate of drug-likeness (QED) is 0.315. The van der Waals surface area contributed by atoms with Crippen molar-refractivity contribution < 1.29 is 38.7 Å². The molecule has 0 radical (unpaired) electrons. The van der Waals surface area contributed by atoms with Crippen LogP contribution in [0.1, 0.15) is 92.5 Å². The zero-order chi connectivity index (χ0) is 34.4. The summed E-state index contributed by atoms with van der Waals surface area (Å²) < 4.78 is 101. The third-order valence-electron chi connectivity index (χ3n) is 7.90. The minimum atomic E-state index is -3.15. The maximum Gasteiger partial charge on any atom is 0.270 e. The van der Waals surface area contributed by atoms with Gasteiger partial charge in [0.15, 0.2) is 5.65 Å². The molecule has 2 atom stereocenters. The van der Waals surface area contributed by atoms with Crippen molar-refractivity contribution in [1.29, 1.82) is 0 Å². The number of alkyl halides is 4. The lowest BCUT2D eigenvalue weighted by molar-refractivity contribution is -0.134. The summed E-state index contributed by atoms with van der Waals surface area (Å²) in [5.74, 6) is -7.83. The van der Waals surface area contributed by atoms with Crippen molar-refractivity contribution in [2.24, 2.45) is 11.8 Å². The van der Waals surface area contributed by atoms with Gasteiger partial charge >= 0.3 is 0 Å². The van der Waals surface area contributed by atoms with Crippen LogP contribution >= 0.6 is 0 Å². The van der Waals surface area contributed by atoms with Crippen LogP contribution in [-0.2, 0) is 16.0 Å². The number of halogens is 4. The van der Waals surface area contributed by atoms with E-state index in [-0.39, 0.29) is 55.7 Å². The van der Waals surface area contributed by atoms with Crippen molar-refractivity contribution in [1.82, 2.24) is 35.0 Å². The Morgan fingerprint density at radius 1 is 1.19 bits per heavy atom. The monoisotopic (exact) mass is 598 g/mol. The first kappa shape index (κ1) is 24.0. The van der Waals surface area contributed by atoms with Crippen molar-refractivity contribution in [3.05, 3.63) is 47.7 Å². The zero-order valence-corrected chi connectivity index (χ0v) is 22.8. The van der Waals surface area contributed by atoms with Gasteiger partial charge in [0.1, 0.15) is 5.69 Å². The molecule has 5 rings (SSSR count). The van der Waals surface area contributed by atoms with E-state index in [4.69, 9.17) is 11.6 Å². The number of imidazole rings is 1. The molecule has 3 heterocycles. The van der Waals surface area contributed by atoms with Gasteiger partial charge in [-0.1, -0.05) is 0 Å². The molecule has 14 heteroatoms. The molecule has 0 unspecified atom stereocenters. The summed E-state index contributed by atoms with van der Waals surface area (Å²) in [4.78, 5) is 30.7. The molecule has 2 fully saturated rings. The Morgan fingerprint density at radius 2 is 1.95 bits per heavy atom. The first-order valence-corrected chi connectivity index (χ1v) is 13.6. The van der Waals surface area contributed by atoms with Crippen LogP contribution in [0.2, 0.25) is 0 Å². The van der Waals surface area contributed by atoms with E-state index in [0.717, 1.165) is 12.3 Å². The Bertz CT molecular complexity index is 1600. The van der Waals surface area contributed by atoms with Crippen LogP contribution in [0.3, 0.4) is 0 Å². The molecule has 0 saturated heterocycles. The molecular formula is C28H35F4N7O3. The molecule has 0 aliphatic heterocycles. The summed E-state index contributed by atoms with van der Waals surface area (Å²) in [6.45, 7) is -6.13. The third-order valence-corrected chi connectivity index (χ3v) is 7.90. The van der Waals surface area contributed by atoms with Gasteiger partial charge in [-0.2, -0.15) is 10.2 Å². The standard InChI is InChI=1S/C28H35F4N7O3/c1-3-38-22(6-9-33-38)26(41)37-25(18-4-7-27(29,30)8-5-18)20-15-39-23(35-20)11-19(14-34-39)21(16-42-2)36-24(40)10-17-12-28(31,32)13-17/h6,9,11,14-15,17-18,21,25H,3-5,7-8,10,12-13,16H2,1-2H3,(H,36,40)(H,37,41)/t21-,25+/m1/s1/i1D3,3D2. The van der Waals surface area contributed by atoms with E-state index in [1.807, 2.05) is 0 Å². The van der Waals surface area contributed by atoms with Gasteiger partial charge in [-0.05, 0) is 43.7 Å². The van der Waals surface area contributed by atoms with Crippen LogP contribution in [0.15, 0.2) is 30.7 Å². The molecule has 3 aromatic rings. The van der Waals surface area contributed by atoms with Crippen molar-refractivity contribution in [2.75, 3.05) is 13.7 Å². The maximum atomic E-state index is 14.1. The molecule has 2 N–H and O–H groups in total. The number of hydrogen-bond donors (Lipinski definition) is 2. The minimum absolute atomic E-state index is 0.0364. The number of carbonyl (C=O) groups is 2. The second-order valence-corrected chi connectivity index (χ2v) is 11.1. The summed E-state index contributed by atoms with van der Waals surface area (Å²) >= 11 is 0. The molecule has 0 spiro atoms. The van der Waals surface area contributed by atoms with Crippen LogP contribution in [0.5, 0.6) is 0 Å². The number of fused-ring (bicyclic) bond motifs is 1. The van der Waals surface area contributed by atoms with Gasteiger partial charge in [0.2, 0.25) is 17.8 Å². The molecule has 2 aliphatic carbocycles. The fraction of sp³-hybridized carbons (Fsp3) is 0.607. The summed E-state index contributed by atoms with van der Waals surface area (Å²) in [7, 11) is 1.43. The number of amides is 2. The van der Waals surface area contributed by atoms with E-state index in [2.05, 4.69) is 25.8 Å². The van der Waals surface area contributed by atoms with Crippen LogP contribution in [0.25, 0.3) is 5.65 Å². The Kier molecular flexibility index (Phi) is 6.83. The molecule has 2 aliphatic rings. The number of carbonyl (C=O) groups excluding carboxylic acids is 2. The van der Waals surface area contributed by atoms with Crippen LogP contribution < -0.4 is 10.6 Å². The van der Waals surface area contributed by atoms with Gasteiger partial charge in [-0.25, -0.2) is 27.1 Å². The van der Waals surface area contributed by atoms with E-state index in [1.165, 1.54) is 24.0 Å². The van der Waals surface area contributed by atoms with Crippen LogP contribution in [-0.4, -0.2) is 61.8 Å². The number of rotatable bonds is 11. The smallest absolute Gasteiger partial charge is 0.270 e. The van der Waals surface area contributed by atoms with Gasteiger partial charge in [0, 0.05) is 61.6 Å². The van der Waals surface area contributed by atoms with Crippen molar-refractivity contribution in [3.8, 4) is 0 Å². The fourth-order valence-corrected chi connectivity index (χ4v) is 5.69. The van der Waals surface area contributed by atoms with Gasteiger partial charge in [0.25, 0.3) is 5.91 Å². The van der Waals surface area contributed by atoms with Crippen molar-refractivity contribution >= 4 is 17.5 Å². The Morgan fingerprint density at radius 3 is 2.64 bits per heavy atom. The van der Waals surface area contributed by atoms with Crippen molar-refractivity contribution in [2.45, 2.75) is 82.2 Å². The molecule has 3 aromatic heterocycles. The Hall–Kier alpha value is -3.55. The molecule has 10 nitrogen and oxygen atoms in total. The summed E-state index contributed by atoms with van der Waals surface area (Å²) in [5.41, 5.74) is 0.666. The molecule has 228 valence electrons. The van der Waals surface area contributed by atoms with E-state index < -0.39 is 73.8 Å². The number of nitrogens with one attached hydrogen (secondary N) is 2. The number of aryl methyl sites for hydroxylation is 1. The van der Waals surface area contributed by atoms with Crippen LogP contribution in [0, 0.1) is 11.8 Å². The lowest BCUT2D eigenvalue weighted by Crippen LogP contribution is -2.40. The second-order valence-electron chi connectivity index (χ2n) is 11.1. The van der Waals surface area contributed by atoms with E-state index >= 15 is 0 Å². The number of hydrogen-bond acceptors (Lipinski definition) is 6. The fourth-order valence-electron chi connectivity index (χ4n) is 5.69. The average molecular weight is 599 g/mol. The number of methoxy groups -OCH3 is 1. The molecule has 2 amide bonds. The summed E-state index contributed by atoms with van der Waals surface area (Å²) in [5, 5.41) is 13.6. The first-order valence-electron chi connectivity index (χ1n) is 16.1. The summed E-state index contributed by atoms with van der Waals surface area (Å²) in [6, 6.07) is 1.14. The first-order chi connectivity index (χ1) is 21.9. The predicted molar refractivity (Wildman–Crippen MR) is 143 cm³/mol. The van der Waals surface area contributed by atoms with E-state index in [1.54, 1.807) is 6.07 Å². The molecular weight excluding hydrogens is 558 g/mol. The van der Waals surface area contributed by atoms with Gasteiger partial charge < -0.3 is 15.4 Å². The normalized spacial score (nSPS) is 22.5. The Labute approximate surface area is 247 Å². The Balaban J connectivity index is 1.40. The van der Waals surface area contributed by atoms with Crippen molar-refractivity contribution in [3.63, 3.8) is 0 Å². The summed E-state index contributed by atoms with van der Waals surface area (Å²) in [6.07, 6.45) is 2.54. The average Bonchev–Trinajstić information content (AvgIpc) is 3.62. The van der Waals surface area contributed by atoms with E-state index in [0.29, 0.717) is 10.2 Å². The minimum Gasteiger partial charge on any atom is -0.382 e. The van der Waals surface area contributed by atoms with Crippen LogP contribution in [0.4, 0.5) is 17.6 Å². The van der Waals surface area contributed by atoms with Gasteiger partial charge in [0.05, 0.1) is 39.5 Å².